The number of carbonyl (C=O) groups excluding carboxylic acids is 1. The number of aryl methyl sites for hydroxylation is 2. The molecule has 0 aromatic heterocycles. The molecule has 0 bridgehead atoms. The van der Waals surface area contributed by atoms with Crippen LogP contribution in [0.2, 0.25) is 0 Å². The molecule has 0 fully saturated rings. The van der Waals surface area contributed by atoms with Gasteiger partial charge in [0.25, 0.3) is 0 Å². The number of hydrogen-bond acceptors (Lipinski definition) is 3. The van der Waals surface area contributed by atoms with Crippen molar-refractivity contribution in [2.24, 2.45) is 5.92 Å². The first-order valence-electron chi connectivity index (χ1n) is 7.57. The van der Waals surface area contributed by atoms with E-state index in [1.54, 1.807) is 6.92 Å². The average Bonchev–Trinajstić information content (AvgIpc) is 2.43. The normalized spacial score (nSPS) is 15.1. The Hall–Kier alpha value is -1.55. The number of carbonyl (C=O) groups is 1. The quantitative estimate of drug-likeness (QED) is 0.724. The lowest BCUT2D eigenvalue weighted by Crippen LogP contribution is -2.46. The van der Waals surface area contributed by atoms with E-state index < -0.39 is 5.60 Å². The second-order valence-corrected chi connectivity index (χ2v) is 6.06. The molecular formula is C17H28N2O2. The minimum atomic E-state index is -0.872. The lowest BCUT2D eigenvalue weighted by molar-refractivity contribution is -0.121. The molecular weight excluding hydrogens is 264 g/mol. The van der Waals surface area contributed by atoms with Crippen LogP contribution in [-0.4, -0.2) is 29.7 Å². The zero-order valence-corrected chi connectivity index (χ0v) is 13.8. The number of amides is 1. The molecule has 0 heterocycles. The molecule has 2 unspecified atom stereocenters. The van der Waals surface area contributed by atoms with Crippen LogP contribution < -0.4 is 10.6 Å². The Labute approximate surface area is 128 Å². The van der Waals surface area contributed by atoms with E-state index >= 15 is 0 Å². The molecule has 0 saturated heterocycles. The van der Waals surface area contributed by atoms with Crippen molar-refractivity contribution in [2.75, 3.05) is 18.4 Å². The van der Waals surface area contributed by atoms with E-state index in [-0.39, 0.29) is 24.9 Å². The Kier molecular flexibility index (Phi) is 6.21. The second kappa shape index (κ2) is 7.46. The highest BCUT2D eigenvalue weighted by molar-refractivity contribution is 5.81. The zero-order chi connectivity index (χ0) is 16.0. The highest BCUT2D eigenvalue weighted by Crippen LogP contribution is 2.20. The van der Waals surface area contributed by atoms with Gasteiger partial charge in [-0.05, 0) is 37.8 Å². The molecule has 118 valence electrons. The van der Waals surface area contributed by atoms with Crippen LogP contribution in [-0.2, 0) is 4.79 Å². The molecule has 1 aromatic rings. The van der Waals surface area contributed by atoms with Crippen molar-refractivity contribution in [3.63, 3.8) is 0 Å². The fraction of sp³-hybridized carbons (Fsp3) is 0.588. The zero-order valence-electron chi connectivity index (χ0n) is 13.8. The summed E-state index contributed by atoms with van der Waals surface area (Å²) in [6, 6.07) is 6.03. The van der Waals surface area contributed by atoms with Crippen molar-refractivity contribution in [3.8, 4) is 0 Å². The Morgan fingerprint density at radius 2 is 1.90 bits per heavy atom. The molecule has 1 aromatic carbocycles. The maximum Gasteiger partial charge on any atom is 0.239 e. The van der Waals surface area contributed by atoms with Gasteiger partial charge >= 0.3 is 0 Å². The summed E-state index contributed by atoms with van der Waals surface area (Å²) in [5.74, 6) is 0.0330. The number of rotatable bonds is 7. The third-order valence-corrected chi connectivity index (χ3v) is 4.22. The number of anilines is 1. The molecule has 1 rings (SSSR count). The monoisotopic (exact) mass is 292 g/mol. The van der Waals surface area contributed by atoms with Crippen LogP contribution in [0.25, 0.3) is 0 Å². The predicted octanol–water partition coefficient (Wildman–Crippen LogP) is 2.63. The number of para-hydroxylation sites is 1. The van der Waals surface area contributed by atoms with Crippen molar-refractivity contribution in [1.29, 1.82) is 0 Å². The standard InChI is InChI=1S/C17H28N2O2/c1-6-14(4)17(5,21)11-19-15(20)10-18-16-12(2)8-7-9-13(16)3/h7-9,14,18,21H,6,10-11H2,1-5H3,(H,19,20). The molecule has 21 heavy (non-hydrogen) atoms. The van der Waals surface area contributed by atoms with E-state index in [1.165, 1.54) is 0 Å². The Morgan fingerprint density at radius 3 is 2.43 bits per heavy atom. The van der Waals surface area contributed by atoms with E-state index in [9.17, 15) is 9.90 Å². The molecule has 3 N–H and O–H groups in total. The molecule has 0 aliphatic carbocycles. The lowest BCUT2D eigenvalue weighted by atomic mass is 9.89. The van der Waals surface area contributed by atoms with Gasteiger partial charge in [-0.2, -0.15) is 0 Å². The first-order chi connectivity index (χ1) is 9.77. The van der Waals surface area contributed by atoms with Gasteiger partial charge in [-0.1, -0.05) is 38.5 Å². The maximum atomic E-state index is 11.9. The fourth-order valence-corrected chi connectivity index (χ4v) is 2.22. The summed E-state index contributed by atoms with van der Waals surface area (Å²) in [4.78, 5) is 11.9. The van der Waals surface area contributed by atoms with Crippen LogP contribution in [0.3, 0.4) is 0 Å². The largest absolute Gasteiger partial charge is 0.388 e. The smallest absolute Gasteiger partial charge is 0.239 e. The Bertz CT molecular complexity index is 463. The molecule has 4 heteroatoms. The fourth-order valence-electron chi connectivity index (χ4n) is 2.22. The van der Waals surface area contributed by atoms with Crippen molar-refractivity contribution < 1.29 is 9.90 Å². The summed E-state index contributed by atoms with van der Waals surface area (Å²) >= 11 is 0. The summed E-state index contributed by atoms with van der Waals surface area (Å²) in [6.07, 6.45) is 0.878. The van der Waals surface area contributed by atoms with Crippen LogP contribution >= 0.6 is 0 Å². The molecule has 2 atom stereocenters. The Balaban J connectivity index is 2.49. The maximum absolute atomic E-state index is 11.9. The van der Waals surface area contributed by atoms with Gasteiger partial charge in [0.15, 0.2) is 0 Å². The first-order valence-corrected chi connectivity index (χ1v) is 7.57. The van der Waals surface area contributed by atoms with E-state index in [1.807, 2.05) is 45.9 Å². The van der Waals surface area contributed by atoms with Crippen LogP contribution in [0.5, 0.6) is 0 Å². The van der Waals surface area contributed by atoms with Crippen molar-refractivity contribution in [1.82, 2.24) is 5.32 Å². The minimum absolute atomic E-state index is 0.110. The molecule has 0 aliphatic heterocycles. The third kappa shape index (κ3) is 5.05. The average molecular weight is 292 g/mol. The van der Waals surface area contributed by atoms with Gasteiger partial charge in [0.1, 0.15) is 0 Å². The number of benzene rings is 1. The summed E-state index contributed by atoms with van der Waals surface area (Å²) in [7, 11) is 0. The summed E-state index contributed by atoms with van der Waals surface area (Å²) in [5.41, 5.74) is 2.37. The SMILES string of the molecule is CCC(C)C(C)(O)CNC(=O)CNc1c(C)cccc1C. The summed E-state index contributed by atoms with van der Waals surface area (Å²) < 4.78 is 0. The second-order valence-electron chi connectivity index (χ2n) is 6.06. The van der Waals surface area contributed by atoms with E-state index in [0.29, 0.717) is 0 Å². The molecule has 1 amide bonds. The van der Waals surface area contributed by atoms with Gasteiger partial charge in [-0.3, -0.25) is 4.79 Å². The first kappa shape index (κ1) is 17.5. The molecule has 0 radical (unpaired) electrons. The van der Waals surface area contributed by atoms with Gasteiger partial charge < -0.3 is 15.7 Å². The van der Waals surface area contributed by atoms with Gasteiger partial charge in [-0.25, -0.2) is 0 Å². The van der Waals surface area contributed by atoms with E-state index in [0.717, 1.165) is 23.2 Å². The number of aliphatic hydroxyl groups is 1. The summed E-state index contributed by atoms with van der Waals surface area (Å²) in [5, 5.41) is 16.2. The van der Waals surface area contributed by atoms with Crippen molar-refractivity contribution in [2.45, 2.75) is 46.6 Å². The number of hydrogen-bond donors (Lipinski definition) is 3. The highest BCUT2D eigenvalue weighted by Gasteiger charge is 2.27. The van der Waals surface area contributed by atoms with Gasteiger partial charge in [0.05, 0.1) is 12.1 Å². The van der Waals surface area contributed by atoms with Crippen LogP contribution in [0.1, 0.15) is 38.3 Å². The topological polar surface area (TPSA) is 61.4 Å². The lowest BCUT2D eigenvalue weighted by Gasteiger charge is -2.29. The van der Waals surface area contributed by atoms with Crippen LogP contribution in [0.15, 0.2) is 18.2 Å². The Morgan fingerprint density at radius 1 is 1.33 bits per heavy atom. The minimum Gasteiger partial charge on any atom is -0.388 e. The van der Waals surface area contributed by atoms with E-state index in [4.69, 9.17) is 0 Å². The van der Waals surface area contributed by atoms with Crippen LogP contribution in [0.4, 0.5) is 5.69 Å². The van der Waals surface area contributed by atoms with Crippen molar-refractivity contribution >= 4 is 11.6 Å². The van der Waals surface area contributed by atoms with Crippen LogP contribution in [0, 0.1) is 19.8 Å². The van der Waals surface area contributed by atoms with Crippen molar-refractivity contribution in [3.05, 3.63) is 29.3 Å². The molecule has 0 saturated carbocycles. The third-order valence-electron chi connectivity index (χ3n) is 4.22. The van der Waals surface area contributed by atoms with E-state index in [2.05, 4.69) is 10.6 Å². The molecule has 4 nitrogen and oxygen atoms in total. The molecule has 0 spiro atoms. The van der Waals surface area contributed by atoms with Gasteiger partial charge in [0.2, 0.25) is 5.91 Å². The predicted molar refractivity (Wildman–Crippen MR) is 87.5 cm³/mol. The summed E-state index contributed by atoms with van der Waals surface area (Å²) in [6.45, 7) is 10.3. The highest BCUT2D eigenvalue weighted by atomic mass is 16.3. The van der Waals surface area contributed by atoms with Gasteiger partial charge in [-0.15, -0.1) is 0 Å². The number of nitrogens with one attached hydrogen (secondary N) is 2. The van der Waals surface area contributed by atoms with Gasteiger partial charge in [0, 0.05) is 12.2 Å². The molecule has 0 aliphatic rings.